The SMILES string of the molecule is COc1cc(C=NNC(=O)c2ccccc2NS(=O)(=O)c2ccc(Cl)cc2)ccc1OCc1ccccc1. The average molecular weight is 550 g/mol. The molecule has 0 aliphatic rings. The highest BCUT2D eigenvalue weighted by Gasteiger charge is 2.18. The van der Waals surface area contributed by atoms with Gasteiger partial charge in [0.1, 0.15) is 6.61 Å². The lowest BCUT2D eigenvalue weighted by molar-refractivity contribution is 0.0956. The molecule has 0 unspecified atom stereocenters. The molecule has 0 atom stereocenters. The first kappa shape index (κ1) is 26.7. The lowest BCUT2D eigenvalue weighted by Gasteiger charge is -2.12. The Kier molecular flexibility index (Phi) is 8.62. The van der Waals surface area contributed by atoms with Gasteiger partial charge in [0.15, 0.2) is 11.5 Å². The van der Waals surface area contributed by atoms with E-state index in [1.54, 1.807) is 30.3 Å². The minimum atomic E-state index is -3.94. The van der Waals surface area contributed by atoms with Gasteiger partial charge in [-0.3, -0.25) is 9.52 Å². The zero-order valence-electron chi connectivity index (χ0n) is 20.3. The smallest absolute Gasteiger partial charge is 0.273 e. The Morgan fingerprint density at radius 1 is 0.921 bits per heavy atom. The van der Waals surface area contributed by atoms with Gasteiger partial charge in [-0.15, -0.1) is 0 Å². The monoisotopic (exact) mass is 549 g/mol. The first-order chi connectivity index (χ1) is 18.4. The summed E-state index contributed by atoms with van der Waals surface area (Å²) in [7, 11) is -2.40. The van der Waals surface area contributed by atoms with Gasteiger partial charge in [-0.2, -0.15) is 5.10 Å². The van der Waals surface area contributed by atoms with Crippen molar-refractivity contribution >= 4 is 39.4 Å². The first-order valence-electron chi connectivity index (χ1n) is 11.4. The largest absolute Gasteiger partial charge is 0.493 e. The number of anilines is 1. The molecule has 8 nitrogen and oxygen atoms in total. The molecule has 0 fully saturated rings. The Hall–Kier alpha value is -4.34. The molecule has 0 spiro atoms. The van der Waals surface area contributed by atoms with Crippen LogP contribution in [0.2, 0.25) is 5.02 Å². The summed E-state index contributed by atoms with van der Waals surface area (Å²) >= 11 is 5.85. The first-order valence-corrected chi connectivity index (χ1v) is 13.3. The maximum atomic E-state index is 12.8. The van der Waals surface area contributed by atoms with E-state index < -0.39 is 15.9 Å². The van der Waals surface area contributed by atoms with Crippen LogP contribution in [0.4, 0.5) is 5.69 Å². The topological polar surface area (TPSA) is 106 Å². The van der Waals surface area contributed by atoms with E-state index in [0.29, 0.717) is 28.7 Å². The highest BCUT2D eigenvalue weighted by molar-refractivity contribution is 7.92. The van der Waals surface area contributed by atoms with Crippen LogP contribution in [0.15, 0.2) is 107 Å². The Labute approximate surface area is 225 Å². The number of amides is 1. The van der Waals surface area contributed by atoms with E-state index in [1.165, 1.54) is 49.7 Å². The zero-order chi connectivity index (χ0) is 27.0. The van der Waals surface area contributed by atoms with Crippen LogP contribution in [0, 0.1) is 0 Å². The van der Waals surface area contributed by atoms with Crippen LogP contribution >= 0.6 is 11.6 Å². The molecule has 1 amide bonds. The predicted molar refractivity (Wildman–Crippen MR) is 148 cm³/mol. The van der Waals surface area contributed by atoms with Gasteiger partial charge in [-0.25, -0.2) is 13.8 Å². The van der Waals surface area contributed by atoms with Crippen molar-refractivity contribution in [1.82, 2.24) is 5.43 Å². The quantitative estimate of drug-likeness (QED) is 0.201. The highest BCUT2D eigenvalue weighted by atomic mass is 35.5. The minimum absolute atomic E-state index is 0.0141. The van der Waals surface area contributed by atoms with Crippen LogP contribution in [-0.4, -0.2) is 27.6 Å². The fraction of sp³-hybridized carbons (Fsp3) is 0.0714. The van der Waals surface area contributed by atoms with E-state index in [4.69, 9.17) is 21.1 Å². The number of halogens is 1. The van der Waals surface area contributed by atoms with Gasteiger partial charge in [-0.05, 0) is 65.7 Å². The van der Waals surface area contributed by atoms with E-state index in [0.717, 1.165) is 5.56 Å². The third-order valence-electron chi connectivity index (χ3n) is 5.34. The number of carbonyl (C=O) groups excluding carboxylic acids is 1. The van der Waals surface area contributed by atoms with Gasteiger partial charge in [0.25, 0.3) is 15.9 Å². The van der Waals surface area contributed by atoms with Crippen LogP contribution in [-0.2, 0) is 16.6 Å². The Bertz CT molecular complexity index is 1540. The molecule has 2 N–H and O–H groups in total. The number of hydrogen-bond donors (Lipinski definition) is 2. The number of methoxy groups -OCH3 is 1. The van der Waals surface area contributed by atoms with Crippen molar-refractivity contribution in [1.29, 1.82) is 0 Å². The van der Waals surface area contributed by atoms with E-state index in [9.17, 15) is 13.2 Å². The summed E-state index contributed by atoms with van der Waals surface area (Å²) in [6, 6.07) is 26.9. The standard InChI is InChI=1S/C28H24ClN3O5S/c1-36-27-17-21(11-16-26(27)37-19-20-7-3-2-4-8-20)18-30-31-28(33)24-9-5-6-10-25(24)32-38(34,35)23-14-12-22(29)13-15-23/h2-18,32H,19H2,1H3,(H,31,33). The number of para-hydroxylation sites is 1. The zero-order valence-corrected chi connectivity index (χ0v) is 21.9. The molecule has 4 aromatic rings. The summed E-state index contributed by atoms with van der Waals surface area (Å²) in [5.41, 5.74) is 4.32. The van der Waals surface area contributed by atoms with Crippen molar-refractivity contribution in [3.8, 4) is 11.5 Å². The summed E-state index contributed by atoms with van der Waals surface area (Å²) < 4.78 is 39.3. The molecule has 0 aliphatic heterocycles. The molecule has 38 heavy (non-hydrogen) atoms. The number of carbonyl (C=O) groups is 1. The number of hydrogen-bond acceptors (Lipinski definition) is 6. The van der Waals surface area contributed by atoms with Gasteiger partial charge in [0, 0.05) is 5.02 Å². The van der Waals surface area contributed by atoms with Gasteiger partial charge < -0.3 is 9.47 Å². The van der Waals surface area contributed by atoms with E-state index in [2.05, 4.69) is 15.2 Å². The molecular formula is C28H24ClN3O5S. The Morgan fingerprint density at radius 2 is 1.63 bits per heavy atom. The summed E-state index contributed by atoms with van der Waals surface area (Å²) in [5, 5.41) is 4.42. The molecule has 0 heterocycles. The number of benzene rings is 4. The van der Waals surface area contributed by atoms with Gasteiger partial charge in [0.05, 0.1) is 29.5 Å². The van der Waals surface area contributed by atoms with E-state index in [-0.39, 0.29) is 16.1 Å². The van der Waals surface area contributed by atoms with Crippen LogP contribution in [0.5, 0.6) is 11.5 Å². The second kappa shape index (κ2) is 12.3. The van der Waals surface area contributed by atoms with Crippen molar-refractivity contribution in [3.05, 3.63) is 119 Å². The Balaban J connectivity index is 1.42. The second-order valence-corrected chi connectivity index (χ2v) is 10.1. The van der Waals surface area contributed by atoms with Crippen molar-refractivity contribution in [2.45, 2.75) is 11.5 Å². The van der Waals surface area contributed by atoms with Gasteiger partial charge in [0.2, 0.25) is 0 Å². The molecule has 0 aromatic heterocycles. The van der Waals surface area contributed by atoms with Crippen LogP contribution < -0.4 is 19.6 Å². The summed E-state index contributed by atoms with van der Waals surface area (Å²) in [4.78, 5) is 12.8. The number of ether oxygens (including phenoxy) is 2. The lowest BCUT2D eigenvalue weighted by atomic mass is 10.2. The molecule has 0 bridgehead atoms. The predicted octanol–water partition coefficient (Wildman–Crippen LogP) is 5.49. The summed E-state index contributed by atoms with van der Waals surface area (Å²) in [6.07, 6.45) is 1.45. The van der Waals surface area contributed by atoms with Crippen LogP contribution in [0.1, 0.15) is 21.5 Å². The normalized spacial score (nSPS) is 11.2. The van der Waals surface area contributed by atoms with Crippen LogP contribution in [0.3, 0.4) is 0 Å². The number of nitrogens with zero attached hydrogens (tertiary/aromatic N) is 1. The van der Waals surface area contributed by atoms with Crippen molar-refractivity contribution in [2.75, 3.05) is 11.8 Å². The molecule has 0 saturated heterocycles. The lowest BCUT2D eigenvalue weighted by Crippen LogP contribution is -2.21. The third-order valence-corrected chi connectivity index (χ3v) is 6.98. The fourth-order valence-electron chi connectivity index (χ4n) is 3.43. The fourth-order valence-corrected chi connectivity index (χ4v) is 4.64. The van der Waals surface area contributed by atoms with Crippen molar-refractivity contribution < 1.29 is 22.7 Å². The maximum Gasteiger partial charge on any atom is 0.273 e. The minimum Gasteiger partial charge on any atom is -0.493 e. The number of nitrogens with one attached hydrogen (secondary N) is 2. The molecule has 0 saturated carbocycles. The van der Waals surface area contributed by atoms with Gasteiger partial charge >= 0.3 is 0 Å². The van der Waals surface area contributed by atoms with E-state index in [1.807, 2.05) is 30.3 Å². The van der Waals surface area contributed by atoms with Crippen molar-refractivity contribution in [3.63, 3.8) is 0 Å². The Morgan fingerprint density at radius 3 is 2.37 bits per heavy atom. The highest BCUT2D eigenvalue weighted by Crippen LogP contribution is 2.28. The third kappa shape index (κ3) is 6.90. The van der Waals surface area contributed by atoms with Gasteiger partial charge in [-0.1, -0.05) is 54.1 Å². The summed E-state index contributed by atoms with van der Waals surface area (Å²) in [6.45, 7) is 0.391. The average Bonchev–Trinajstić information content (AvgIpc) is 2.93. The second-order valence-electron chi connectivity index (χ2n) is 7.99. The number of rotatable bonds is 10. The van der Waals surface area contributed by atoms with Crippen LogP contribution in [0.25, 0.3) is 0 Å². The maximum absolute atomic E-state index is 12.8. The molecule has 4 rings (SSSR count). The summed E-state index contributed by atoms with van der Waals surface area (Å²) in [5.74, 6) is 0.489. The molecule has 4 aromatic carbocycles. The molecule has 0 radical (unpaired) electrons. The van der Waals surface area contributed by atoms with E-state index >= 15 is 0 Å². The molecule has 10 heteroatoms. The molecular weight excluding hydrogens is 526 g/mol. The van der Waals surface area contributed by atoms with Crippen molar-refractivity contribution in [2.24, 2.45) is 5.10 Å². The molecule has 194 valence electrons. The number of hydrazone groups is 1. The molecule has 0 aliphatic carbocycles. The number of sulfonamides is 1.